The lowest BCUT2D eigenvalue weighted by Crippen LogP contribution is -2.04. The Kier molecular flexibility index (Phi) is 6.01. The number of hydrogen-bond acceptors (Lipinski definition) is 7. The van der Waals surface area contributed by atoms with Gasteiger partial charge in [-0.2, -0.15) is 0 Å². The molecule has 0 fully saturated rings. The molecule has 0 aliphatic rings. The number of nitrogens with zero attached hydrogens (tertiary/aromatic N) is 3. The van der Waals surface area contributed by atoms with Crippen LogP contribution in [0.1, 0.15) is 5.56 Å². The van der Waals surface area contributed by atoms with Crippen molar-refractivity contribution in [2.24, 2.45) is 0 Å². The minimum atomic E-state index is 0.0163. The van der Waals surface area contributed by atoms with Crippen LogP contribution in [0.5, 0.6) is 11.5 Å². The molecule has 0 aliphatic heterocycles. The van der Waals surface area contributed by atoms with Gasteiger partial charge >= 0.3 is 0 Å². The van der Waals surface area contributed by atoms with Crippen LogP contribution in [-0.4, -0.2) is 39.5 Å². The van der Waals surface area contributed by atoms with Crippen LogP contribution in [0, 0.1) is 5.41 Å². The molecule has 0 unspecified atom stereocenters. The fraction of sp³-hybridized carbons (Fsp3) is 0.136. The first-order valence-electron chi connectivity index (χ1n) is 9.61. The van der Waals surface area contributed by atoms with Crippen molar-refractivity contribution in [2.45, 2.75) is 6.54 Å². The van der Waals surface area contributed by atoms with E-state index in [4.69, 9.17) is 21.7 Å². The summed E-state index contributed by atoms with van der Waals surface area (Å²) in [5.74, 6) is 1.62. The number of anilines is 3. The zero-order chi connectivity index (χ0) is 21.8. The van der Waals surface area contributed by atoms with Crippen molar-refractivity contribution in [1.82, 2.24) is 14.5 Å². The van der Waals surface area contributed by atoms with Crippen molar-refractivity contribution in [2.75, 3.05) is 24.3 Å². The van der Waals surface area contributed by atoms with Gasteiger partial charge in [0.1, 0.15) is 23.3 Å². The van der Waals surface area contributed by atoms with Gasteiger partial charge in [0.05, 0.1) is 22.7 Å². The zero-order valence-electron chi connectivity index (χ0n) is 16.8. The molecule has 2 aromatic carbocycles. The number of aliphatic hydroxyl groups is 1. The average Bonchev–Trinajstić information content (AvgIpc) is 3.19. The van der Waals surface area contributed by atoms with Gasteiger partial charge in [-0.25, -0.2) is 9.97 Å². The molecule has 0 bridgehead atoms. The average molecular weight is 437 g/mol. The summed E-state index contributed by atoms with van der Waals surface area (Å²) in [6.45, 7) is 0.461. The Bertz CT molecular complexity index is 1240. The number of aliphatic hydroxyl groups excluding tert-OH is 1. The van der Waals surface area contributed by atoms with Crippen LogP contribution in [0.25, 0.3) is 11.0 Å². The standard InChI is InChI=1S/C22H21ClN6O2/c1-25-17-3-2-4-19(15(17)12-24)31-20-6-5-14(11-16(20)23)28-22-21-18(26-13-27-22)7-8-29(21)9-10-30/h2-8,11-13,24-25,30H,9-10H2,1H3,(H,26,27,28). The highest BCUT2D eigenvalue weighted by molar-refractivity contribution is 6.32. The fourth-order valence-corrected chi connectivity index (χ4v) is 3.55. The van der Waals surface area contributed by atoms with Gasteiger partial charge < -0.3 is 30.5 Å². The summed E-state index contributed by atoms with van der Waals surface area (Å²) < 4.78 is 7.87. The van der Waals surface area contributed by atoms with Crippen LogP contribution in [-0.2, 0) is 6.54 Å². The molecule has 0 aliphatic carbocycles. The zero-order valence-corrected chi connectivity index (χ0v) is 17.5. The molecule has 4 N–H and O–H groups in total. The Hall–Kier alpha value is -3.62. The summed E-state index contributed by atoms with van der Waals surface area (Å²) in [6, 6.07) is 12.7. The highest BCUT2D eigenvalue weighted by atomic mass is 35.5. The second kappa shape index (κ2) is 9.03. The van der Waals surface area contributed by atoms with E-state index in [-0.39, 0.29) is 6.61 Å². The number of halogens is 1. The third-order valence-electron chi connectivity index (χ3n) is 4.79. The molecule has 0 saturated heterocycles. The summed E-state index contributed by atoms with van der Waals surface area (Å²) in [5, 5.41) is 23.7. The van der Waals surface area contributed by atoms with E-state index in [9.17, 15) is 5.11 Å². The van der Waals surface area contributed by atoms with Crippen molar-refractivity contribution >= 4 is 46.0 Å². The molecule has 4 aromatic rings. The molecule has 9 heteroatoms. The second-order valence-corrected chi connectivity index (χ2v) is 7.08. The molecule has 31 heavy (non-hydrogen) atoms. The Balaban J connectivity index is 1.62. The maximum atomic E-state index is 9.31. The highest BCUT2D eigenvalue weighted by Crippen LogP contribution is 2.35. The maximum absolute atomic E-state index is 9.31. The predicted molar refractivity (Wildman–Crippen MR) is 123 cm³/mol. The van der Waals surface area contributed by atoms with E-state index >= 15 is 0 Å². The summed E-state index contributed by atoms with van der Waals surface area (Å²) in [5.41, 5.74) is 3.73. The van der Waals surface area contributed by atoms with Crippen molar-refractivity contribution in [3.63, 3.8) is 0 Å². The quantitative estimate of drug-likeness (QED) is 0.299. The first kappa shape index (κ1) is 20.6. The molecule has 8 nitrogen and oxygen atoms in total. The maximum Gasteiger partial charge on any atom is 0.158 e. The van der Waals surface area contributed by atoms with Crippen molar-refractivity contribution in [3.8, 4) is 11.5 Å². The Labute approximate surface area is 184 Å². The second-order valence-electron chi connectivity index (χ2n) is 6.67. The van der Waals surface area contributed by atoms with Gasteiger partial charge in [0.15, 0.2) is 5.82 Å². The predicted octanol–water partition coefficient (Wildman–Crippen LogP) is 4.65. The number of nitrogens with one attached hydrogen (secondary N) is 3. The molecule has 0 radical (unpaired) electrons. The lowest BCUT2D eigenvalue weighted by atomic mass is 10.1. The number of benzene rings is 2. The topological polar surface area (TPSA) is 108 Å². The van der Waals surface area contributed by atoms with Gasteiger partial charge in [-0.05, 0) is 36.4 Å². The van der Waals surface area contributed by atoms with E-state index < -0.39 is 0 Å². The van der Waals surface area contributed by atoms with Gasteiger partial charge in [0, 0.05) is 37.4 Å². The summed E-state index contributed by atoms with van der Waals surface area (Å²) in [7, 11) is 1.79. The molecule has 2 aromatic heterocycles. The monoisotopic (exact) mass is 436 g/mol. The number of aromatic nitrogens is 3. The Morgan fingerprint density at radius 3 is 2.81 bits per heavy atom. The fourth-order valence-electron chi connectivity index (χ4n) is 3.33. The van der Waals surface area contributed by atoms with Gasteiger partial charge in [0.25, 0.3) is 0 Å². The SMILES string of the molecule is CNc1cccc(Oc2ccc(Nc3ncnc4ccn(CCO)c34)cc2Cl)c1C=N. The third kappa shape index (κ3) is 4.16. The van der Waals surface area contributed by atoms with Crippen molar-refractivity contribution < 1.29 is 9.84 Å². The van der Waals surface area contributed by atoms with Crippen molar-refractivity contribution in [3.05, 3.63) is 65.6 Å². The normalized spacial score (nSPS) is 10.8. The number of hydrogen-bond donors (Lipinski definition) is 4. The summed E-state index contributed by atoms with van der Waals surface area (Å²) in [4.78, 5) is 8.62. The third-order valence-corrected chi connectivity index (χ3v) is 5.08. The van der Waals surface area contributed by atoms with E-state index in [0.29, 0.717) is 34.4 Å². The first-order valence-corrected chi connectivity index (χ1v) is 9.98. The van der Waals surface area contributed by atoms with Gasteiger partial charge in [-0.1, -0.05) is 17.7 Å². The number of ether oxygens (including phenoxy) is 1. The molecular formula is C22H21ClN6O2. The number of rotatable bonds is 8. The van der Waals surface area contributed by atoms with E-state index in [2.05, 4.69) is 20.6 Å². The van der Waals surface area contributed by atoms with E-state index in [1.54, 1.807) is 25.2 Å². The van der Waals surface area contributed by atoms with Crippen LogP contribution < -0.4 is 15.4 Å². The summed E-state index contributed by atoms with van der Waals surface area (Å²) in [6.07, 6.45) is 4.60. The van der Waals surface area contributed by atoms with E-state index in [0.717, 1.165) is 22.4 Å². The molecule has 0 saturated carbocycles. The Morgan fingerprint density at radius 2 is 2.06 bits per heavy atom. The Morgan fingerprint density at radius 1 is 1.19 bits per heavy atom. The van der Waals surface area contributed by atoms with Crippen LogP contribution in [0.15, 0.2) is 55.0 Å². The summed E-state index contributed by atoms with van der Waals surface area (Å²) >= 11 is 6.48. The van der Waals surface area contributed by atoms with Crippen molar-refractivity contribution in [1.29, 1.82) is 5.41 Å². The minimum absolute atomic E-state index is 0.0163. The molecule has 0 spiro atoms. The van der Waals surface area contributed by atoms with Crippen LogP contribution >= 0.6 is 11.6 Å². The molecule has 4 rings (SSSR count). The first-order chi connectivity index (χ1) is 15.1. The lowest BCUT2D eigenvalue weighted by molar-refractivity contribution is 0.278. The molecular weight excluding hydrogens is 416 g/mol. The van der Waals surface area contributed by atoms with Gasteiger partial charge in [0.2, 0.25) is 0 Å². The highest BCUT2D eigenvalue weighted by Gasteiger charge is 2.13. The van der Waals surface area contributed by atoms with Gasteiger partial charge in [-0.3, -0.25) is 0 Å². The molecule has 2 heterocycles. The molecule has 0 atom stereocenters. The smallest absolute Gasteiger partial charge is 0.158 e. The number of fused-ring (bicyclic) bond motifs is 1. The van der Waals surface area contributed by atoms with Gasteiger partial charge in [-0.15, -0.1) is 0 Å². The largest absolute Gasteiger partial charge is 0.455 e. The van der Waals surface area contributed by atoms with Crippen LogP contribution in [0.3, 0.4) is 0 Å². The van der Waals surface area contributed by atoms with Crippen LogP contribution in [0.4, 0.5) is 17.2 Å². The molecule has 0 amide bonds. The van der Waals surface area contributed by atoms with E-state index in [1.807, 2.05) is 35.0 Å². The van der Waals surface area contributed by atoms with Crippen LogP contribution in [0.2, 0.25) is 5.02 Å². The minimum Gasteiger partial charge on any atom is -0.455 e. The van der Waals surface area contributed by atoms with E-state index in [1.165, 1.54) is 12.5 Å². The lowest BCUT2D eigenvalue weighted by Gasteiger charge is -2.14. The molecule has 158 valence electrons.